The second kappa shape index (κ2) is 6.52. The summed E-state index contributed by atoms with van der Waals surface area (Å²) in [7, 11) is 0. The maximum Gasteiger partial charge on any atom is 0.163 e. The van der Waals surface area contributed by atoms with Crippen molar-refractivity contribution in [3.05, 3.63) is 59.9 Å². The normalized spacial score (nSPS) is 8.81. The molecule has 2 rings (SSSR count). The fourth-order valence-electron chi connectivity index (χ4n) is 1.76. The molecule has 1 aromatic carbocycles. The van der Waals surface area contributed by atoms with Gasteiger partial charge in [0.25, 0.3) is 0 Å². The van der Waals surface area contributed by atoms with Crippen molar-refractivity contribution in [2.45, 2.75) is 0 Å². The van der Waals surface area contributed by atoms with E-state index in [9.17, 15) is 0 Å². The minimum Gasteiger partial charge on any atom is -0.345 e. The largest absolute Gasteiger partial charge is 0.345 e. The van der Waals surface area contributed by atoms with Gasteiger partial charge in [-0.2, -0.15) is 15.8 Å². The van der Waals surface area contributed by atoms with Gasteiger partial charge in [0.1, 0.15) is 23.9 Å². The molecule has 0 fully saturated rings. The monoisotopic (exact) mass is 271 g/mol. The van der Waals surface area contributed by atoms with Gasteiger partial charge in [-0.3, -0.25) is 4.98 Å². The Hall–Kier alpha value is -3.62. The van der Waals surface area contributed by atoms with Crippen LogP contribution in [0.25, 0.3) is 11.3 Å². The molecule has 0 aliphatic heterocycles. The number of pyridine rings is 1. The quantitative estimate of drug-likeness (QED) is 0.865. The summed E-state index contributed by atoms with van der Waals surface area (Å²) in [5.74, 6) is 0. The Morgan fingerprint density at radius 2 is 1.62 bits per heavy atom. The van der Waals surface area contributed by atoms with Gasteiger partial charge in [0, 0.05) is 17.4 Å². The first-order valence-electron chi connectivity index (χ1n) is 6.02. The highest BCUT2D eigenvalue weighted by Crippen LogP contribution is 2.27. The smallest absolute Gasteiger partial charge is 0.163 e. The number of nitriles is 3. The summed E-state index contributed by atoms with van der Waals surface area (Å²) in [4.78, 5) is 4.26. The first kappa shape index (κ1) is 13.8. The van der Waals surface area contributed by atoms with Gasteiger partial charge in [-0.25, -0.2) is 0 Å². The van der Waals surface area contributed by atoms with Gasteiger partial charge in [-0.1, -0.05) is 24.3 Å². The van der Waals surface area contributed by atoms with Crippen molar-refractivity contribution < 1.29 is 0 Å². The van der Waals surface area contributed by atoms with Gasteiger partial charge in [-0.15, -0.1) is 0 Å². The third-order valence-electron chi connectivity index (χ3n) is 2.71. The Labute approximate surface area is 122 Å². The number of anilines is 1. The number of nitrogens with one attached hydrogen (secondary N) is 1. The molecule has 0 unspecified atom stereocenters. The van der Waals surface area contributed by atoms with E-state index in [0.29, 0.717) is 5.69 Å². The molecular formula is C16H9N5. The van der Waals surface area contributed by atoms with E-state index in [-0.39, 0.29) is 11.3 Å². The van der Waals surface area contributed by atoms with Gasteiger partial charge >= 0.3 is 0 Å². The lowest BCUT2D eigenvalue weighted by Gasteiger charge is -2.10. The van der Waals surface area contributed by atoms with Crippen LogP contribution in [0.3, 0.4) is 0 Å². The van der Waals surface area contributed by atoms with Crippen molar-refractivity contribution in [2.75, 3.05) is 5.32 Å². The molecule has 98 valence electrons. The van der Waals surface area contributed by atoms with Crippen molar-refractivity contribution in [1.29, 1.82) is 15.8 Å². The second-order valence-electron chi connectivity index (χ2n) is 3.97. The van der Waals surface area contributed by atoms with Crippen LogP contribution in [-0.4, -0.2) is 4.98 Å². The summed E-state index contributed by atoms with van der Waals surface area (Å²) >= 11 is 0. The molecule has 1 aromatic heterocycles. The van der Waals surface area contributed by atoms with Gasteiger partial charge < -0.3 is 5.32 Å². The molecule has 0 bridgehead atoms. The number of rotatable bonds is 3. The Balaban J connectivity index is 2.49. The average molecular weight is 271 g/mol. The molecule has 0 aliphatic rings. The van der Waals surface area contributed by atoms with Crippen molar-refractivity contribution >= 4 is 5.69 Å². The molecule has 2 aromatic rings. The van der Waals surface area contributed by atoms with Gasteiger partial charge in [-0.05, 0) is 18.2 Å². The van der Waals surface area contributed by atoms with Crippen LogP contribution in [0.1, 0.15) is 0 Å². The van der Waals surface area contributed by atoms with E-state index >= 15 is 0 Å². The number of benzene rings is 1. The van der Waals surface area contributed by atoms with Crippen LogP contribution in [0.15, 0.2) is 59.9 Å². The summed E-state index contributed by atoms with van der Waals surface area (Å²) in [5.41, 5.74) is 1.78. The molecule has 5 heteroatoms. The minimum absolute atomic E-state index is 0.0802. The Bertz CT molecular complexity index is 785. The lowest BCUT2D eigenvalue weighted by atomic mass is 10.1. The summed E-state index contributed by atoms with van der Waals surface area (Å²) in [6, 6.07) is 18.0. The molecule has 1 heterocycles. The van der Waals surface area contributed by atoms with E-state index in [4.69, 9.17) is 15.8 Å². The highest BCUT2D eigenvalue weighted by molar-refractivity contribution is 5.77. The molecule has 0 radical (unpaired) electrons. The summed E-state index contributed by atoms with van der Waals surface area (Å²) in [6.07, 6.45) is 1.67. The van der Waals surface area contributed by atoms with Gasteiger partial charge in [0.15, 0.2) is 5.57 Å². The van der Waals surface area contributed by atoms with Gasteiger partial charge in [0.05, 0.1) is 5.69 Å². The van der Waals surface area contributed by atoms with E-state index in [1.54, 1.807) is 30.5 Å². The number of para-hydroxylation sites is 1. The van der Waals surface area contributed by atoms with E-state index in [2.05, 4.69) is 10.3 Å². The molecule has 0 spiro atoms. The maximum absolute atomic E-state index is 9.09. The zero-order chi connectivity index (χ0) is 15.1. The maximum atomic E-state index is 9.09. The van der Waals surface area contributed by atoms with E-state index < -0.39 is 0 Å². The Morgan fingerprint density at radius 1 is 0.905 bits per heavy atom. The van der Waals surface area contributed by atoms with Gasteiger partial charge in [0.2, 0.25) is 0 Å². The van der Waals surface area contributed by atoms with Crippen LogP contribution in [-0.2, 0) is 0 Å². The lowest BCUT2D eigenvalue weighted by molar-refractivity contribution is 1.32. The van der Waals surface area contributed by atoms with Crippen LogP contribution in [0.2, 0.25) is 0 Å². The van der Waals surface area contributed by atoms with Crippen LogP contribution in [0.4, 0.5) is 5.69 Å². The summed E-state index contributed by atoms with van der Waals surface area (Å²) in [6.45, 7) is 0. The molecule has 5 nitrogen and oxygen atoms in total. The summed E-state index contributed by atoms with van der Waals surface area (Å²) in [5, 5.41) is 29.6. The number of nitrogens with zero attached hydrogens (tertiary/aromatic N) is 4. The highest BCUT2D eigenvalue weighted by Gasteiger charge is 2.10. The summed E-state index contributed by atoms with van der Waals surface area (Å²) < 4.78 is 0. The topological polar surface area (TPSA) is 96.3 Å². The molecule has 1 N–H and O–H groups in total. The highest BCUT2D eigenvalue weighted by atomic mass is 14.9. The second-order valence-corrected chi connectivity index (χ2v) is 3.97. The molecule has 0 aliphatic carbocycles. The first-order chi connectivity index (χ1) is 10.3. The van der Waals surface area contributed by atoms with Crippen molar-refractivity contribution in [3.8, 4) is 29.5 Å². The van der Waals surface area contributed by atoms with E-state index in [1.165, 1.54) is 0 Å². The third kappa shape index (κ3) is 3.04. The predicted molar refractivity (Wildman–Crippen MR) is 77.2 cm³/mol. The zero-order valence-electron chi connectivity index (χ0n) is 10.9. The molecule has 0 amide bonds. The fourth-order valence-corrected chi connectivity index (χ4v) is 1.76. The average Bonchev–Trinajstić information content (AvgIpc) is 2.56. The van der Waals surface area contributed by atoms with E-state index in [0.717, 1.165) is 11.3 Å². The third-order valence-corrected chi connectivity index (χ3v) is 2.71. The zero-order valence-corrected chi connectivity index (χ0v) is 10.9. The number of aromatic nitrogens is 1. The molecule has 0 saturated carbocycles. The van der Waals surface area contributed by atoms with Crippen molar-refractivity contribution in [1.82, 2.24) is 4.98 Å². The Kier molecular flexibility index (Phi) is 4.28. The van der Waals surface area contributed by atoms with Crippen LogP contribution < -0.4 is 5.32 Å². The van der Waals surface area contributed by atoms with Crippen LogP contribution >= 0.6 is 0 Å². The molecular weight excluding hydrogens is 262 g/mol. The fraction of sp³-hybridized carbons (Fsp3) is 0. The molecule has 21 heavy (non-hydrogen) atoms. The Morgan fingerprint density at radius 3 is 2.24 bits per heavy atom. The minimum atomic E-state index is -0.256. The van der Waals surface area contributed by atoms with Crippen molar-refractivity contribution in [3.63, 3.8) is 0 Å². The predicted octanol–water partition coefficient (Wildman–Crippen LogP) is 2.99. The number of allylic oxidation sites excluding steroid dienone is 2. The van der Waals surface area contributed by atoms with Crippen LogP contribution in [0, 0.1) is 34.0 Å². The standard InChI is InChI=1S/C16H9N5/c17-9-12(10-18)16(11-19)21-15-7-2-1-5-13(15)14-6-3-4-8-20-14/h1-8,21H. The number of hydrogen-bond donors (Lipinski definition) is 1. The SMILES string of the molecule is N#CC(C#N)=C(C#N)Nc1ccccc1-c1ccccn1. The number of hydrogen-bond acceptors (Lipinski definition) is 5. The molecule has 0 atom stereocenters. The van der Waals surface area contributed by atoms with E-state index in [1.807, 2.05) is 36.4 Å². The molecule has 0 saturated heterocycles. The van der Waals surface area contributed by atoms with Crippen LogP contribution in [0.5, 0.6) is 0 Å². The first-order valence-corrected chi connectivity index (χ1v) is 6.02. The lowest BCUT2D eigenvalue weighted by Crippen LogP contribution is -2.02. The van der Waals surface area contributed by atoms with Crippen molar-refractivity contribution in [2.24, 2.45) is 0 Å².